The minimum absolute atomic E-state index is 0.00609. The molecule has 6 rings (SSSR count). The number of aromatic nitrogens is 1. The van der Waals surface area contributed by atoms with Crippen LogP contribution in [0.3, 0.4) is 0 Å². The Labute approximate surface area is 261 Å². The molecule has 8 nitrogen and oxygen atoms in total. The van der Waals surface area contributed by atoms with Crippen LogP contribution in [0.15, 0.2) is 84.9 Å². The lowest BCUT2D eigenvalue weighted by atomic mass is 9.85. The highest BCUT2D eigenvalue weighted by molar-refractivity contribution is 6.32. The summed E-state index contributed by atoms with van der Waals surface area (Å²) >= 11 is 12.5. The van der Waals surface area contributed by atoms with E-state index >= 15 is 0 Å². The molecule has 1 aliphatic rings. The van der Waals surface area contributed by atoms with Gasteiger partial charge in [-0.2, -0.15) is 0 Å². The number of hydrogen-bond acceptors (Lipinski definition) is 5. The minimum Gasteiger partial charge on any atom is -0.497 e. The van der Waals surface area contributed by atoms with Crippen LogP contribution in [0.5, 0.6) is 5.75 Å². The predicted molar refractivity (Wildman–Crippen MR) is 165 cm³/mol. The van der Waals surface area contributed by atoms with Gasteiger partial charge in [-0.05, 0) is 53.6 Å². The van der Waals surface area contributed by atoms with Crippen LogP contribution in [-0.2, 0) is 28.2 Å². The second kappa shape index (κ2) is 11.7. The Morgan fingerprint density at radius 1 is 1.02 bits per heavy atom. The summed E-state index contributed by atoms with van der Waals surface area (Å²) < 4.78 is 25.4. The molecule has 1 aromatic heterocycles. The van der Waals surface area contributed by atoms with Crippen LogP contribution in [0.25, 0.3) is 10.9 Å². The minimum atomic E-state index is -2.02. The number of carbonyl (C=O) groups excluding carboxylic acids is 3. The molecule has 0 saturated heterocycles. The number of ether oxygens (including phenoxy) is 2. The molecule has 2 heterocycles. The first-order valence-corrected chi connectivity index (χ1v) is 14.2. The molecule has 0 spiro atoms. The summed E-state index contributed by atoms with van der Waals surface area (Å²) in [5.41, 5.74) is 0.471. The van der Waals surface area contributed by atoms with Gasteiger partial charge in [-0.25, -0.2) is 9.18 Å². The van der Waals surface area contributed by atoms with Crippen molar-refractivity contribution in [3.8, 4) is 5.75 Å². The number of H-pyrrole nitrogens is 1. The van der Waals surface area contributed by atoms with Crippen molar-refractivity contribution in [2.24, 2.45) is 0 Å². The Bertz CT molecular complexity index is 1910. The molecule has 2 amide bonds. The maximum absolute atomic E-state index is 14.8. The second-order valence-corrected chi connectivity index (χ2v) is 11.0. The monoisotopic (exact) mass is 631 g/mol. The van der Waals surface area contributed by atoms with E-state index in [9.17, 15) is 18.8 Å². The largest absolute Gasteiger partial charge is 0.497 e. The topological polar surface area (TPSA) is 101 Å². The molecule has 0 saturated carbocycles. The van der Waals surface area contributed by atoms with Gasteiger partial charge in [0, 0.05) is 27.1 Å². The normalized spacial score (nSPS) is 15.7. The van der Waals surface area contributed by atoms with Crippen LogP contribution >= 0.6 is 23.2 Å². The van der Waals surface area contributed by atoms with Crippen molar-refractivity contribution in [2.45, 2.75) is 18.7 Å². The lowest BCUT2D eigenvalue weighted by Gasteiger charge is -2.29. The van der Waals surface area contributed by atoms with Crippen LogP contribution in [-0.4, -0.2) is 30.4 Å². The van der Waals surface area contributed by atoms with Gasteiger partial charge in [0.1, 0.15) is 18.2 Å². The van der Waals surface area contributed by atoms with Gasteiger partial charge in [-0.3, -0.25) is 14.9 Å². The fourth-order valence-corrected chi connectivity index (χ4v) is 5.84. The molecule has 0 bridgehead atoms. The van der Waals surface area contributed by atoms with E-state index in [1.54, 1.807) is 61.7 Å². The molecule has 2 N–H and O–H groups in total. The molecule has 1 atom stereocenters. The van der Waals surface area contributed by atoms with Gasteiger partial charge in [-0.15, -0.1) is 0 Å². The summed E-state index contributed by atoms with van der Waals surface area (Å²) in [5.74, 6) is -0.701. The van der Waals surface area contributed by atoms with E-state index in [1.807, 2.05) is 18.2 Å². The third-order valence-corrected chi connectivity index (χ3v) is 8.12. The predicted octanol–water partition coefficient (Wildman–Crippen LogP) is 7.15. The van der Waals surface area contributed by atoms with Crippen LogP contribution in [0.1, 0.15) is 32.7 Å². The third-order valence-electron chi connectivity index (χ3n) is 7.59. The van der Waals surface area contributed by atoms with Crippen LogP contribution in [0.2, 0.25) is 10.0 Å². The van der Waals surface area contributed by atoms with Crippen LogP contribution < -0.4 is 15.0 Å². The number of amides is 2. The van der Waals surface area contributed by atoms with E-state index < -0.39 is 23.4 Å². The summed E-state index contributed by atoms with van der Waals surface area (Å²) in [6, 6.07) is 23.4. The molecule has 0 fully saturated rings. The second-order valence-electron chi connectivity index (χ2n) is 10.2. The first kappa shape index (κ1) is 29.2. The highest BCUT2D eigenvalue weighted by Crippen LogP contribution is 2.48. The SMILES string of the molecule is COc1ccc(CN2C(=O)[C@](NC(=O)OCc3ccccc3)(c3[nH]c4cc(Cl)c(F)cc4c3C=O)c3cc(Cl)ccc32)cc1. The number of alkyl carbamates (subject to hydrolysis) is 1. The molecule has 1 aliphatic heterocycles. The highest BCUT2D eigenvalue weighted by atomic mass is 35.5. The van der Waals surface area contributed by atoms with Gasteiger partial charge in [-0.1, -0.05) is 65.7 Å². The summed E-state index contributed by atoms with van der Waals surface area (Å²) in [6.45, 7) is 0.0278. The number of methoxy groups -OCH3 is 1. The zero-order chi connectivity index (χ0) is 31.0. The number of carbonyl (C=O) groups is 3. The van der Waals surface area contributed by atoms with Crippen molar-refractivity contribution in [3.05, 3.63) is 129 Å². The molecular formula is C33H24Cl2FN3O5. The lowest BCUT2D eigenvalue weighted by molar-refractivity contribution is -0.123. The highest BCUT2D eigenvalue weighted by Gasteiger charge is 2.56. The summed E-state index contributed by atoms with van der Waals surface area (Å²) in [6.07, 6.45) is -0.428. The Morgan fingerprint density at radius 3 is 2.48 bits per heavy atom. The lowest BCUT2D eigenvalue weighted by Crippen LogP contribution is -2.54. The van der Waals surface area contributed by atoms with Gasteiger partial charge < -0.3 is 19.4 Å². The van der Waals surface area contributed by atoms with E-state index in [0.717, 1.165) is 17.2 Å². The van der Waals surface area contributed by atoms with Crippen molar-refractivity contribution in [3.63, 3.8) is 0 Å². The average Bonchev–Trinajstić information content (AvgIpc) is 3.49. The maximum Gasteiger partial charge on any atom is 0.408 e. The fourth-order valence-electron chi connectivity index (χ4n) is 5.51. The van der Waals surface area contributed by atoms with E-state index in [1.165, 1.54) is 11.0 Å². The zero-order valence-electron chi connectivity index (χ0n) is 23.2. The molecule has 0 radical (unpaired) electrons. The number of halogens is 3. The quantitative estimate of drug-likeness (QED) is 0.177. The van der Waals surface area contributed by atoms with Crippen LogP contribution in [0.4, 0.5) is 14.9 Å². The summed E-state index contributed by atoms with van der Waals surface area (Å²) in [5, 5.41) is 3.04. The van der Waals surface area contributed by atoms with E-state index in [2.05, 4.69) is 10.3 Å². The van der Waals surface area contributed by atoms with Gasteiger partial charge >= 0.3 is 6.09 Å². The first-order chi connectivity index (χ1) is 21.2. The number of aromatic amines is 1. The van der Waals surface area contributed by atoms with Gasteiger partial charge in [0.25, 0.3) is 5.91 Å². The Morgan fingerprint density at radius 2 is 1.77 bits per heavy atom. The number of benzene rings is 4. The number of nitrogens with one attached hydrogen (secondary N) is 2. The van der Waals surface area contributed by atoms with Crippen molar-refractivity contribution in [2.75, 3.05) is 12.0 Å². The molecular weight excluding hydrogens is 608 g/mol. The van der Waals surface area contributed by atoms with Crippen molar-refractivity contribution < 1.29 is 28.2 Å². The smallest absolute Gasteiger partial charge is 0.408 e. The maximum atomic E-state index is 14.8. The van der Waals surface area contributed by atoms with E-state index in [0.29, 0.717) is 23.3 Å². The first-order valence-electron chi connectivity index (χ1n) is 13.5. The number of fused-ring (bicyclic) bond motifs is 2. The van der Waals surface area contributed by atoms with Crippen molar-refractivity contribution in [1.29, 1.82) is 0 Å². The number of rotatable bonds is 8. The third kappa shape index (κ3) is 5.04. The molecule has 0 unspecified atom stereocenters. The van der Waals surface area contributed by atoms with Crippen molar-refractivity contribution >= 4 is 58.1 Å². The number of aldehydes is 1. The number of anilines is 1. The van der Waals surface area contributed by atoms with E-state index in [4.69, 9.17) is 32.7 Å². The standard InChI is InChI=1S/C33H24Cl2FN3O5/c1-43-22-10-7-19(8-11-22)16-39-29-12-9-21(34)13-25(29)33(31(39)41,38-32(42)44-18-20-5-3-2-4-6-20)30-24(17-40)23-14-27(36)26(35)15-28(23)37-30/h2-15,17,37H,16,18H2,1H3,(H,38,42)/t33-/m1/s1. The summed E-state index contributed by atoms with van der Waals surface area (Å²) in [4.78, 5) is 45.5. The van der Waals surface area contributed by atoms with Gasteiger partial charge in [0.15, 0.2) is 11.8 Å². The fraction of sp³-hybridized carbons (Fsp3) is 0.121. The van der Waals surface area contributed by atoms with E-state index in [-0.39, 0.29) is 45.4 Å². The molecule has 0 aliphatic carbocycles. The molecule has 222 valence electrons. The average molecular weight is 632 g/mol. The molecule has 44 heavy (non-hydrogen) atoms. The van der Waals surface area contributed by atoms with Crippen molar-refractivity contribution in [1.82, 2.24) is 10.3 Å². The Hall–Kier alpha value is -4.86. The molecule has 4 aromatic carbocycles. The van der Waals surface area contributed by atoms with Crippen LogP contribution in [0, 0.1) is 5.82 Å². The summed E-state index contributed by atoms with van der Waals surface area (Å²) in [7, 11) is 1.56. The Balaban J connectivity index is 1.52. The zero-order valence-corrected chi connectivity index (χ0v) is 24.7. The van der Waals surface area contributed by atoms with Gasteiger partial charge in [0.05, 0.1) is 30.1 Å². The molecule has 5 aromatic rings. The number of hydrogen-bond donors (Lipinski definition) is 2. The Kier molecular flexibility index (Phi) is 7.75. The number of nitrogens with zero attached hydrogens (tertiary/aromatic N) is 1. The van der Waals surface area contributed by atoms with Gasteiger partial charge in [0.2, 0.25) is 0 Å². The molecule has 11 heteroatoms.